The Balaban J connectivity index is 2.34. The van der Waals surface area contributed by atoms with Crippen LogP contribution in [0.1, 0.15) is 12.8 Å². The second-order valence-electron chi connectivity index (χ2n) is 3.85. The van der Waals surface area contributed by atoms with E-state index in [1.54, 1.807) is 7.05 Å². The molecule has 1 unspecified atom stereocenters. The maximum Gasteiger partial charge on any atom is 0.328 e. The van der Waals surface area contributed by atoms with Gasteiger partial charge in [-0.3, -0.25) is 0 Å². The summed E-state index contributed by atoms with van der Waals surface area (Å²) in [6.45, 7) is 0.0436. The van der Waals surface area contributed by atoms with Gasteiger partial charge < -0.3 is 20.4 Å². The van der Waals surface area contributed by atoms with E-state index in [9.17, 15) is 9.59 Å². The molecular weight excluding hydrogens is 200 g/mol. The largest absolute Gasteiger partial charge is 0.480 e. The molecule has 0 aliphatic heterocycles. The van der Waals surface area contributed by atoms with E-state index in [2.05, 4.69) is 5.32 Å². The smallest absolute Gasteiger partial charge is 0.328 e. The first kappa shape index (κ1) is 11.8. The molecule has 86 valence electrons. The molecule has 1 aliphatic rings. The van der Waals surface area contributed by atoms with Gasteiger partial charge in [0, 0.05) is 13.6 Å². The number of aliphatic carboxylic acids is 1. The van der Waals surface area contributed by atoms with E-state index in [0.717, 1.165) is 12.8 Å². The van der Waals surface area contributed by atoms with E-state index in [1.165, 1.54) is 4.90 Å². The SMILES string of the molecule is CN(CC1CC1)C(=O)NC(CO)C(=O)O. The number of carboxylic acid groups (broad SMARTS) is 1. The quantitative estimate of drug-likeness (QED) is 0.577. The number of nitrogens with one attached hydrogen (secondary N) is 1. The predicted octanol–water partition coefficient (Wildman–Crippen LogP) is -0.517. The fraction of sp³-hybridized carbons (Fsp3) is 0.778. The van der Waals surface area contributed by atoms with Gasteiger partial charge in [0.25, 0.3) is 0 Å². The number of aliphatic hydroxyl groups is 1. The zero-order chi connectivity index (χ0) is 11.4. The van der Waals surface area contributed by atoms with Gasteiger partial charge in [-0.15, -0.1) is 0 Å². The van der Waals surface area contributed by atoms with Gasteiger partial charge in [-0.2, -0.15) is 0 Å². The van der Waals surface area contributed by atoms with Crippen LogP contribution >= 0.6 is 0 Å². The number of rotatable bonds is 5. The maximum atomic E-state index is 11.4. The van der Waals surface area contributed by atoms with Crippen LogP contribution < -0.4 is 5.32 Å². The second-order valence-corrected chi connectivity index (χ2v) is 3.85. The van der Waals surface area contributed by atoms with Crippen LogP contribution in [0, 0.1) is 5.92 Å². The fourth-order valence-electron chi connectivity index (χ4n) is 1.22. The number of hydrogen-bond acceptors (Lipinski definition) is 3. The Morgan fingerprint density at radius 2 is 2.13 bits per heavy atom. The van der Waals surface area contributed by atoms with Gasteiger partial charge in [-0.1, -0.05) is 0 Å². The zero-order valence-electron chi connectivity index (χ0n) is 8.64. The molecule has 6 nitrogen and oxygen atoms in total. The molecule has 1 fully saturated rings. The molecule has 0 bridgehead atoms. The lowest BCUT2D eigenvalue weighted by Crippen LogP contribution is -2.48. The molecule has 3 N–H and O–H groups in total. The molecule has 0 aromatic heterocycles. The van der Waals surface area contributed by atoms with E-state index >= 15 is 0 Å². The summed E-state index contributed by atoms with van der Waals surface area (Å²) in [5.41, 5.74) is 0. The zero-order valence-corrected chi connectivity index (χ0v) is 8.64. The van der Waals surface area contributed by atoms with Gasteiger partial charge in [0.05, 0.1) is 6.61 Å². The first-order valence-electron chi connectivity index (χ1n) is 4.90. The van der Waals surface area contributed by atoms with Crippen LogP contribution in [0.2, 0.25) is 0 Å². The minimum atomic E-state index is -1.23. The van der Waals surface area contributed by atoms with Gasteiger partial charge >= 0.3 is 12.0 Å². The third kappa shape index (κ3) is 3.75. The van der Waals surface area contributed by atoms with Gasteiger partial charge in [0.2, 0.25) is 0 Å². The van der Waals surface area contributed by atoms with Crippen molar-refractivity contribution in [2.24, 2.45) is 5.92 Å². The Labute approximate surface area is 87.9 Å². The standard InChI is InChI=1S/C9H16N2O4/c1-11(4-6-2-3-6)9(15)10-7(5-12)8(13)14/h6-7,12H,2-5H2,1H3,(H,10,15)(H,13,14). The van der Waals surface area contributed by atoms with Crippen LogP contribution in [0.15, 0.2) is 0 Å². The average Bonchev–Trinajstić information content (AvgIpc) is 2.96. The van der Waals surface area contributed by atoms with Crippen molar-refractivity contribution >= 4 is 12.0 Å². The van der Waals surface area contributed by atoms with Crippen LogP contribution in [0.4, 0.5) is 4.79 Å². The van der Waals surface area contributed by atoms with Crippen LogP contribution in [0.25, 0.3) is 0 Å². The van der Waals surface area contributed by atoms with Crippen LogP contribution in [-0.4, -0.2) is 53.4 Å². The molecule has 2 amide bonds. The highest BCUT2D eigenvalue weighted by Crippen LogP contribution is 2.29. The summed E-state index contributed by atoms with van der Waals surface area (Å²) in [5, 5.41) is 19.5. The molecule has 15 heavy (non-hydrogen) atoms. The number of carbonyl (C=O) groups is 2. The monoisotopic (exact) mass is 216 g/mol. The van der Waals surface area contributed by atoms with E-state index in [1.807, 2.05) is 0 Å². The first-order valence-corrected chi connectivity index (χ1v) is 4.90. The summed E-state index contributed by atoms with van der Waals surface area (Å²) in [6.07, 6.45) is 2.25. The molecule has 0 spiro atoms. The van der Waals surface area contributed by atoms with Crippen molar-refractivity contribution < 1.29 is 19.8 Å². The van der Waals surface area contributed by atoms with Gasteiger partial charge in [0.15, 0.2) is 6.04 Å². The lowest BCUT2D eigenvalue weighted by molar-refractivity contribution is -0.140. The number of hydrogen-bond donors (Lipinski definition) is 3. The first-order chi connectivity index (χ1) is 7.04. The Hall–Kier alpha value is -1.30. The van der Waals surface area contributed by atoms with E-state index in [0.29, 0.717) is 12.5 Å². The molecule has 6 heteroatoms. The Bertz CT molecular complexity index is 252. The minimum Gasteiger partial charge on any atom is -0.480 e. The molecule has 0 aromatic carbocycles. The lowest BCUT2D eigenvalue weighted by Gasteiger charge is -2.20. The normalized spacial score (nSPS) is 16.9. The molecule has 0 heterocycles. The van der Waals surface area contributed by atoms with Crippen molar-refractivity contribution in [2.75, 3.05) is 20.2 Å². The number of nitrogens with zero attached hydrogens (tertiary/aromatic N) is 1. The number of aliphatic hydroxyl groups excluding tert-OH is 1. The number of carbonyl (C=O) groups excluding carboxylic acids is 1. The van der Waals surface area contributed by atoms with Crippen molar-refractivity contribution in [3.05, 3.63) is 0 Å². The molecule has 0 radical (unpaired) electrons. The molecule has 0 saturated heterocycles. The van der Waals surface area contributed by atoms with Crippen molar-refractivity contribution in [1.82, 2.24) is 10.2 Å². The molecule has 1 saturated carbocycles. The van der Waals surface area contributed by atoms with E-state index in [-0.39, 0.29) is 0 Å². The summed E-state index contributed by atoms with van der Waals surface area (Å²) in [7, 11) is 1.62. The van der Waals surface area contributed by atoms with Crippen LogP contribution in [-0.2, 0) is 4.79 Å². The maximum absolute atomic E-state index is 11.4. The molecule has 0 aromatic rings. The molecule has 1 aliphatic carbocycles. The summed E-state index contributed by atoms with van der Waals surface area (Å²) < 4.78 is 0. The van der Waals surface area contributed by atoms with Crippen molar-refractivity contribution in [2.45, 2.75) is 18.9 Å². The van der Waals surface area contributed by atoms with E-state index in [4.69, 9.17) is 10.2 Å². The highest BCUT2D eigenvalue weighted by molar-refractivity contribution is 5.82. The van der Waals surface area contributed by atoms with E-state index < -0.39 is 24.6 Å². The van der Waals surface area contributed by atoms with Gasteiger partial charge in [-0.25, -0.2) is 9.59 Å². The van der Waals surface area contributed by atoms with Crippen LogP contribution in [0.3, 0.4) is 0 Å². The number of urea groups is 1. The number of carboxylic acids is 1. The summed E-state index contributed by atoms with van der Waals surface area (Å²) in [5.74, 6) is -0.677. The van der Waals surface area contributed by atoms with Gasteiger partial charge in [0.1, 0.15) is 0 Å². The molecule has 1 rings (SSSR count). The van der Waals surface area contributed by atoms with Crippen molar-refractivity contribution in [3.8, 4) is 0 Å². The highest BCUT2D eigenvalue weighted by Gasteiger charge is 2.26. The predicted molar refractivity (Wildman–Crippen MR) is 52.4 cm³/mol. The van der Waals surface area contributed by atoms with Crippen LogP contribution in [0.5, 0.6) is 0 Å². The van der Waals surface area contributed by atoms with Crippen molar-refractivity contribution in [1.29, 1.82) is 0 Å². The molecule has 1 atom stereocenters. The Kier molecular flexibility index (Phi) is 3.90. The van der Waals surface area contributed by atoms with Gasteiger partial charge in [-0.05, 0) is 18.8 Å². The third-order valence-corrected chi connectivity index (χ3v) is 2.35. The Morgan fingerprint density at radius 3 is 2.53 bits per heavy atom. The topological polar surface area (TPSA) is 89.9 Å². The minimum absolute atomic E-state index is 0.455. The molecular formula is C9H16N2O4. The second kappa shape index (κ2) is 4.97. The van der Waals surface area contributed by atoms with Crippen molar-refractivity contribution in [3.63, 3.8) is 0 Å². The fourth-order valence-corrected chi connectivity index (χ4v) is 1.22. The third-order valence-electron chi connectivity index (χ3n) is 2.35. The summed E-state index contributed by atoms with van der Waals surface area (Å²) in [4.78, 5) is 23.4. The summed E-state index contributed by atoms with van der Waals surface area (Å²) >= 11 is 0. The lowest BCUT2D eigenvalue weighted by atomic mass is 10.3. The highest BCUT2D eigenvalue weighted by atomic mass is 16.4. The number of amides is 2. The average molecular weight is 216 g/mol. The summed E-state index contributed by atoms with van der Waals surface area (Å²) in [6, 6.07) is -1.68. The Morgan fingerprint density at radius 1 is 1.53 bits per heavy atom.